The number of nitrogens with two attached hydrogens (primary N) is 1. The summed E-state index contributed by atoms with van der Waals surface area (Å²) in [7, 11) is 0. The Morgan fingerprint density at radius 3 is 2.65 bits per heavy atom. The molecule has 5 heteroatoms. The van der Waals surface area contributed by atoms with Crippen LogP contribution in [0.2, 0.25) is 0 Å². The van der Waals surface area contributed by atoms with Crippen LogP contribution in [0.15, 0.2) is 53.1 Å². The smallest absolute Gasteiger partial charge is 0.258 e. The second-order valence-corrected chi connectivity index (χ2v) is 4.41. The lowest BCUT2D eigenvalue weighted by molar-refractivity contribution is 0.424. The average Bonchev–Trinajstić information content (AvgIpc) is 2.91. The highest BCUT2D eigenvalue weighted by atomic mass is 19.1. The highest BCUT2D eigenvalue weighted by Gasteiger charge is 2.10. The Hall–Kier alpha value is -2.69. The van der Waals surface area contributed by atoms with Crippen LogP contribution in [0.4, 0.5) is 10.1 Å². The van der Waals surface area contributed by atoms with E-state index in [0.29, 0.717) is 23.7 Å². The van der Waals surface area contributed by atoms with Gasteiger partial charge in [-0.05, 0) is 23.8 Å². The van der Waals surface area contributed by atoms with Crippen LogP contribution in [-0.2, 0) is 6.42 Å². The maximum absolute atomic E-state index is 13.1. The minimum absolute atomic E-state index is 0.0605. The van der Waals surface area contributed by atoms with E-state index in [2.05, 4.69) is 10.1 Å². The lowest BCUT2D eigenvalue weighted by Crippen LogP contribution is -1.92. The fourth-order valence-electron chi connectivity index (χ4n) is 1.90. The summed E-state index contributed by atoms with van der Waals surface area (Å²) in [5.74, 6) is 0.453. The highest BCUT2D eigenvalue weighted by molar-refractivity contribution is 5.60. The number of benzene rings is 2. The van der Waals surface area contributed by atoms with E-state index in [4.69, 9.17) is 10.3 Å². The molecule has 0 atom stereocenters. The molecule has 100 valence electrons. The molecule has 0 spiro atoms. The monoisotopic (exact) mass is 269 g/mol. The standard InChI is InChI=1S/C15H12FN3O/c16-12-7-6-11(9-13(12)17)15-18-14(19-20-15)8-10-4-2-1-3-5-10/h1-7,9H,8,17H2. The van der Waals surface area contributed by atoms with Gasteiger partial charge in [0.25, 0.3) is 5.89 Å². The number of rotatable bonds is 3. The lowest BCUT2D eigenvalue weighted by Gasteiger charge is -1.98. The molecule has 0 aliphatic heterocycles. The molecule has 0 amide bonds. The maximum atomic E-state index is 13.1. The van der Waals surface area contributed by atoms with Crippen LogP contribution in [0.25, 0.3) is 11.5 Å². The van der Waals surface area contributed by atoms with E-state index < -0.39 is 5.82 Å². The normalized spacial score (nSPS) is 10.7. The largest absolute Gasteiger partial charge is 0.396 e. The Morgan fingerprint density at radius 1 is 1.10 bits per heavy atom. The van der Waals surface area contributed by atoms with Crippen LogP contribution in [0.5, 0.6) is 0 Å². The van der Waals surface area contributed by atoms with Gasteiger partial charge in [-0.3, -0.25) is 0 Å². The van der Waals surface area contributed by atoms with E-state index in [1.165, 1.54) is 12.1 Å². The van der Waals surface area contributed by atoms with Crippen molar-refractivity contribution in [3.05, 3.63) is 65.7 Å². The first-order valence-electron chi connectivity index (χ1n) is 6.14. The number of halogens is 1. The van der Waals surface area contributed by atoms with Gasteiger partial charge in [-0.25, -0.2) is 4.39 Å². The first kappa shape index (κ1) is 12.3. The molecule has 3 rings (SSSR count). The van der Waals surface area contributed by atoms with Crippen molar-refractivity contribution in [2.75, 3.05) is 5.73 Å². The Bertz CT molecular complexity index is 725. The summed E-state index contributed by atoms with van der Waals surface area (Å²) in [6.07, 6.45) is 0.584. The summed E-state index contributed by atoms with van der Waals surface area (Å²) in [5, 5.41) is 3.92. The zero-order valence-corrected chi connectivity index (χ0v) is 10.6. The van der Waals surface area contributed by atoms with Crippen molar-refractivity contribution >= 4 is 5.69 Å². The van der Waals surface area contributed by atoms with Crippen LogP contribution in [0, 0.1) is 5.82 Å². The molecule has 1 aromatic heterocycles. The van der Waals surface area contributed by atoms with Gasteiger partial charge in [0.05, 0.1) is 5.69 Å². The van der Waals surface area contributed by atoms with Gasteiger partial charge in [-0.2, -0.15) is 4.98 Å². The van der Waals surface area contributed by atoms with Crippen molar-refractivity contribution in [1.29, 1.82) is 0 Å². The molecule has 0 bridgehead atoms. The van der Waals surface area contributed by atoms with Crippen molar-refractivity contribution in [1.82, 2.24) is 10.1 Å². The summed E-state index contributed by atoms with van der Waals surface area (Å²) in [5.41, 5.74) is 7.29. The van der Waals surface area contributed by atoms with Crippen LogP contribution < -0.4 is 5.73 Å². The van der Waals surface area contributed by atoms with Crippen molar-refractivity contribution in [3.63, 3.8) is 0 Å². The number of hydrogen-bond donors (Lipinski definition) is 1. The number of aromatic nitrogens is 2. The summed E-state index contributed by atoms with van der Waals surface area (Å²) in [6.45, 7) is 0. The number of nitrogen functional groups attached to an aromatic ring is 1. The van der Waals surface area contributed by atoms with Gasteiger partial charge in [0, 0.05) is 12.0 Å². The molecule has 0 fully saturated rings. The summed E-state index contributed by atoms with van der Waals surface area (Å²) in [4.78, 5) is 4.29. The molecule has 0 aliphatic rings. The molecule has 2 aromatic carbocycles. The SMILES string of the molecule is Nc1cc(-c2nc(Cc3ccccc3)no2)ccc1F. The van der Waals surface area contributed by atoms with Gasteiger partial charge in [0.2, 0.25) is 0 Å². The zero-order valence-electron chi connectivity index (χ0n) is 10.6. The third-order valence-corrected chi connectivity index (χ3v) is 2.92. The summed E-state index contributed by atoms with van der Waals surface area (Å²) in [6, 6.07) is 14.2. The lowest BCUT2D eigenvalue weighted by atomic mass is 10.1. The van der Waals surface area contributed by atoms with Gasteiger partial charge in [-0.15, -0.1) is 0 Å². The van der Waals surface area contributed by atoms with Crippen LogP contribution >= 0.6 is 0 Å². The van der Waals surface area contributed by atoms with Gasteiger partial charge in [0.1, 0.15) is 5.82 Å². The van der Waals surface area contributed by atoms with E-state index in [1.54, 1.807) is 6.07 Å². The fraction of sp³-hybridized carbons (Fsp3) is 0.0667. The highest BCUT2D eigenvalue weighted by Crippen LogP contribution is 2.22. The van der Waals surface area contributed by atoms with E-state index in [-0.39, 0.29) is 5.69 Å². The third-order valence-electron chi connectivity index (χ3n) is 2.92. The topological polar surface area (TPSA) is 64.9 Å². The van der Waals surface area contributed by atoms with Crippen LogP contribution in [0.1, 0.15) is 11.4 Å². The van der Waals surface area contributed by atoms with Crippen LogP contribution in [-0.4, -0.2) is 10.1 Å². The molecule has 0 unspecified atom stereocenters. The number of nitrogens with zero attached hydrogens (tertiary/aromatic N) is 2. The Labute approximate surface area is 115 Å². The molecule has 20 heavy (non-hydrogen) atoms. The van der Waals surface area contributed by atoms with E-state index in [0.717, 1.165) is 5.56 Å². The van der Waals surface area contributed by atoms with Crippen molar-refractivity contribution in [2.45, 2.75) is 6.42 Å². The molecule has 0 saturated heterocycles. The first-order chi connectivity index (χ1) is 9.72. The number of hydrogen-bond acceptors (Lipinski definition) is 4. The zero-order chi connectivity index (χ0) is 13.9. The molecular weight excluding hydrogens is 257 g/mol. The number of anilines is 1. The maximum Gasteiger partial charge on any atom is 0.258 e. The van der Waals surface area contributed by atoms with Crippen molar-refractivity contribution < 1.29 is 8.91 Å². The fourth-order valence-corrected chi connectivity index (χ4v) is 1.90. The quantitative estimate of drug-likeness (QED) is 0.742. The van der Waals surface area contributed by atoms with E-state index >= 15 is 0 Å². The summed E-state index contributed by atoms with van der Waals surface area (Å²) < 4.78 is 18.3. The molecule has 4 nitrogen and oxygen atoms in total. The Kier molecular flexibility index (Phi) is 3.16. The average molecular weight is 269 g/mol. The molecule has 0 aliphatic carbocycles. The molecule has 2 N–H and O–H groups in total. The third kappa shape index (κ3) is 2.51. The second-order valence-electron chi connectivity index (χ2n) is 4.41. The van der Waals surface area contributed by atoms with Crippen LogP contribution in [0.3, 0.4) is 0 Å². The van der Waals surface area contributed by atoms with E-state index in [9.17, 15) is 4.39 Å². The minimum atomic E-state index is -0.460. The van der Waals surface area contributed by atoms with Gasteiger partial charge in [0.15, 0.2) is 5.82 Å². The molecule has 1 heterocycles. The first-order valence-corrected chi connectivity index (χ1v) is 6.14. The molecule has 3 aromatic rings. The second kappa shape index (κ2) is 5.13. The van der Waals surface area contributed by atoms with Gasteiger partial charge < -0.3 is 10.3 Å². The van der Waals surface area contributed by atoms with Crippen molar-refractivity contribution in [2.24, 2.45) is 0 Å². The Morgan fingerprint density at radius 2 is 1.90 bits per heavy atom. The van der Waals surface area contributed by atoms with Crippen molar-refractivity contribution in [3.8, 4) is 11.5 Å². The predicted octanol–water partition coefficient (Wildman–Crippen LogP) is 3.05. The van der Waals surface area contributed by atoms with Gasteiger partial charge >= 0.3 is 0 Å². The van der Waals surface area contributed by atoms with E-state index in [1.807, 2.05) is 30.3 Å². The molecular formula is C15H12FN3O. The minimum Gasteiger partial charge on any atom is -0.396 e. The predicted molar refractivity (Wildman–Crippen MR) is 73.4 cm³/mol. The molecule has 0 saturated carbocycles. The van der Waals surface area contributed by atoms with Gasteiger partial charge in [-0.1, -0.05) is 35.5 Å². The summed E-state index contributed by atoms with van der Waals surface area (Å²) >= 11 is 0. The molecule has 0 radical (unpaired) electrons. The Balaban J connectivity index is 1.84.